The van der Waals surface area contributed by atoms with E-state index in [9.17, 15) is 19.2 Å². The number of carbonyl (C=O) groups excluding carboxylic acids is 4. The highest BCUT2D eigenvalue weighted by atomic mass is 16.5. The summed E-state index contributed by atoms with van der Waals surface area (Å²) in [5, 5.41) is 2.57. The van der Waals surface area contributed by atoms with Crippen LogP contribution in [0.5, 0.6) is 0 Å². The molecule has 156 valence electrons. The topological polar surface area (TPSA) is 119 Å². The fourth-order valence-electron chi connectivity index (χ4n) is 3.30. The van der Waals surface area contributed by atoms with Gasteiger partial charge < -0.3 is 20.7 Å². The lowest BCUT2D eigenvalue weighted by Crippen LogP contribution is -2.28. The summed E-state index contributed by atoms with van der Waals surface area (Å²) in [5.74, 6) is -2.45. The Hall–Kier alpha value is -3.68. The molecule has 0 unspecified atom stereocenters. The molecule has 0 aromatic heterocycles. The van der Waals surface area contributed by atoms with Gasteiger partial charge in [0.25, 0.3) is 5.91 Å². The van der Waals surface area contributed by atoms with Crippen molar-refractivity contribution in [3.05, 3.63) is 59.2 Å². The molecule has 8 nitrogen and oxygen atoms in total. The van der Waals surface area contributed by atoms with Crippen molar-refractivity contribution in [3.8, 4) is 0 Å². The van der Waals surface area contributed by atoms with Crippen molar-refractivity contribution >= 4 is 35.1 Å². The zero-order valence-electron chi connectivity index (χ0n) is 16.8. The normalized spacial score (nSPS) is 15.7. The predicted molar refractivity (Wildman–Crippen MR) is 111 cm³/mol. The van der Waals surface area contributed by atoms with Crippen molar-refractivity contribution in [2.45, 2.75) is 20.3 Å². The smallest absolute Gasteiger partial charge is 0.311 e. The number of benzene rings is 2. The summed E-state index contributed by atoms with van der Waals surface area (Å²) >= 11 is 0. The van der Waals surface area contributed by atoms with Crippen LogP contribution in [0.3, 0.4) is 0 Å². The Morgan fingerprint density at radius 3 is 2.50 bits per heavy atom. The van der Waals surface area contributed by atoms with E-state index in [1.54, 1.807) is 4.90 Å². The van der Waals surface area contributed by atoms with Crippen LogP contribution in [-0.4, -0.2) is 36.8 Å². The number of nitrogens with one attached hydrogen (secondary N) is 1. The van der Waals surface area contributed by atoms with Crippen LogP contribution in [0.25, 0.3) is 0 Å². The first-order valence-electron chi connectivity index (χ1n) is 9.49. The predicted octanol–water partition coefficient (Wildman–Crippen LogP) is 1.94. The molecule has 0 radical (unpaired) electrons. The number of aryl methyl sites for hydroxylation is 1. The van der Waals surface area contributed by atoms with Crippen molar-refractivity contribution in [2.75, 3.05) is 23.4 Å². The van der Waals surface area contributed by atoms with E-state index < -0.39 is 30.3 Å². The van der Waals surface area contributed by atoms with E-state index in [1.165, 1.54) is 24.3 Å². The zero-order valence-corrected chi connectivity index (χ0v) is 16.8. The molecule has 1 saturated heterocycles. The molecule has 2 aromatic rings. The van der Waals surface area contributed by atoms with E-state index in [2.05, 4.69) is 5.32 Å². The van der Waals surface area contributed by atoms with Gasteiger partial charge in [-0.25, -0.2) is 0 Å². The first kappa shape index (κ1) is 21.0. The van der Waals surface area contributed by atoms with E-state index in [1.807, 2.05) is 32.0 Å². The van der Waals surface area contributed by atoms with E-state index >= 15 is 0 Å². The monoisotopic (exact) mass is 409 g/mol. The van der Waals surface area contributed by atoms with Crippen LogP contribution in [0.1, 0.15) is 27.9 Å². The van der Waals surface area contributed by atoms with Gasteiger partial charge in [0.05, 0.1) is 5.92 Å². The van der Waals surface area contributed by atoms with Crippen LogP contribution in [0.2, 0.25) is 0 Å². The molecule has 0 aliphatic carbocycles. The second-order valence-corrected chi connectivity index (χ2v) is 7.22. The van der Waals surface area contributed by atoms with Crippen molar-refractivity contribution in [2.24, 2.45) is 11.7 Å². The second kappa shape index (κ2) is 8.77. The van der Waals surface area contributed by atoms with Gasteiger partial charge in [0, 0.05) is 29.9 Å². The standard InChI is InChI=1S/C22H23N3O5/c1-13-4-3-5-18(14(13)2)25-11-16(10-20(25)27)22(29)30-12-19(26)24-17-8-6-15(7-9-17)21(23)28/h3-9,16H,10-12H2,1-2H3,(H2,23,28)(H,24,26)/t16-/m0/s1. The quantitative estimate of drug-likeness (QED) is 0.707. The van der Waals surface area contributed by atoms with Crippen molar-refractivity contribution in [3.63, 3.8) is 0 Å². The van der Waals surface area contributed by atoms with Crippen LogP contribution in [0, 0.1) is 19.8 Å². The number of ether oxygens (including phenoxy) is 1. The molecule has 1 aliphatic heterocycles. The summed E-state index contributed by atoms with van der Waals surface area (Å²) in [6.45, 7) is 3.65. The lowest BCUT2D eigenvalue weighted by atomic mass is 10.1. The first-order chi connectivity index (χ1) is 14.3. The molecule has 8 heteroatoms. The summed E-state index contributed by atoms with van der Waals surface area (Å²) in [5.41, 5.74) is 8.76. The minimum absolute atomic E-state index is 0.0441. The molecule has 3 N–H and O–H groups in total. The van der Waals surface area contributed by atoms with Crippen LogP contribution >= 0.6 is 0 Å². The fourth-order valence-corrected chi connectivity index (χ4v) is 3.30. The average Bonchev–Trinajstić information content (AvgIpc) is 3.10. The highest BCUT2D eigenvalue weighted by Gasteiger charge is 2.37. The Balaban J connectivity index is 1.53. The molecular weight excluding hydrogens is 386 g/mol. The SMILES string of the molecule is Cc1cccc(N2C[C@@H](C(=O)OCC(=O)Nc3ccc(C(N)=O)cc3)CC2=O)c1C. The number of carbonyl (C=O) groups is 4. The third-order valence-electron chi connectivity index (χ3n) is 5.12. The number of nitrogens with zero attached hydrogens (tertiary/aromatic N) is 1. The van der Waals surface area contributed by atoms with Crippen LogP contribution in [-0.2, 0) is 19.1 Å². The zero-order chi connectivity index (χ0) is 21.8. The maximum Gasteiger partial charge on any atom is 0.311 e. The third kappa shape index (κ3) is 4.65. The Kier molecular flexibility index (Phi) is 6.15. The van der Waals surface area contributed by atoms with Gasteiger partial charge in [-0.05, 0) is 55.3 Å². The Labute approximate surface area is 174 Å². The van der Waals surface area contributed by atoms with Gasteiger partial charge >= 0.3 is 5.97 Å². The molecular formula is C22H23N3O5. The van der Waals surface area contributed by atoms with Gasteiger partial charge in [-0.2, -0.15) is 0 Å². The second-order valence-electron chi connectivity index (χ2n) is 7.22. The summed E-state index contributed by atoms with van der Waals surface area (Å²) in [6, 6.07) is 11.7. The van der Waals surface area contributed by atoms with E-state index in [4.69, 9.17) is 10.5 Å². The lowest BCUT2D eigenvalue weighted by molar-refractivity contribution is -0.151. The van der Waals surface area contributed by atoms with Crippen LogP contribution in [0.15, 0.2) is 42.5 Å². The van der Waals surface area contributed by atoms with Crippen molar-refractivity contribution in [1.29, 1.82) is 0 Å². The number of esters is 1. The van der Waals surface area contributed by atoms with E-state index in [-0.39, 0.29) is 18.9 Å². The minimum Gasteiger partial charge on any atom is -0.455 e. The van der Waals surface area contributed by atoms with Crippen molar-refractivity contribution < 1.29 is 23.9 Å². The van der Waals surface area contributed by atoms with Gasteiger partial charge in [0.2, 0.25) is 11.8 Å². The first-order valence-corrected chi connectivity index (χ1v) is 9.49. The molecule has 2 aromatic carbocycles. The number of hydrogen-bond acceptors (Lipinski definition) is 5. The lowest BCUT2D eigenvalue weighted by Gasteiger charge is -2.20. The Morgan fingerprint density at radius 1 is 1.13 bits per heavy atom. The Morgan fingerprint density at radius 2 is 1.83 bits per heavy atom. The largest absolute Gasteiger partial charge is 0.455 e. The number of rotatable bonds is 6. The molecule has 1 heterocycles. The van der Waals surface area contributed by atoms with Crippen LogP contribution in [0.4, 0.5) is 11.4 Å². The van der Waals surface area contributed by atoms with E-state index in [0.29, 0.717) is 11.3 Å². The van der Waals surface area contributed by atoms with Gasteiger partial charge in [-0.1, -0.05) is 12.1 Å². The van der Waals surface area contributed by atoms with Crippen molar-refractivity contribution in [1.82, 2.24) is 0 Å². The molecule has 0 bridgehead atoms. The molecule has 1 atom stereocenters. The van der Waals surface area contributed by atoms with E-state index in [0.717, 1.165) is 16.8 Å². The Bertz CT molecular complexity index is 1000. The van der Waals surface area contributed by atoms with Gasteiger partial charge in [-0.3, -0.25) is 19.2 Å². The maximum atomic E-state index is 12.4. The third-order valence-corrected chi connectivity index (χ3v) is 5.12. The summed E-state index contributed by atoms with van der Waals surface area (Å²) < 4.78 is 5.10. The minimum atomic E-state index is -0.625. The number of hydrogen-bond donors (Lipinski definition) is 2. The highest BCUT2D eigenvalue weighted by molar-refractivity contribution is 6.00. The summed E-state index contributed by atoms with van der Waals surface area (Å²) in [4.78, 5) is 49.5. The number of nitrogens with two attached hydrogens (primary N) is 1. The van der Waals surface area contributed by atoms with Gasteiger partial charge in [-0.15, -0.1) is 0 Å². The fraction of sp³-hybridized carbons (Fsp3) is 0.273. The average molecular weight is 409 g/mol. The summed E-state index contributed by atoms with van der Waals surface area (Å²) in [7, 11) is 0. The van der Waals surface area contributed by atoms with Crippen LogP contribution < -0.4 is 16.0 Å². The highest BCUT2D eigenvalue weighted by Crippen LogP contribution is 2.29. The number of primary amides is 1. The van der Waals surface area contributed by atoms with Gasteiger partial charge in [0.15, 0.2) is 6.61 Å². The summed E-state index contributed by atoms with van der Waals surface area (Å²) in [6.07, 6.45) is 0.0441. The molecule has 3 amide bonds. The molecule has 1 aliphatic rings. The van der Waals surface area contributed by atoms with Gasteiger partial charge in [0.1, 0.15) is 0 Å². The molecule has 0 spiro atoms. The molecule has 0 saturated carbocycles. The number of amides is 3. The molecule has 3 rings (SSSR count). The maximum absolute atomic E-state index is 12.4. The number of anilines is 2. The molecule has 30 heavy (non-hydrogen) atoms. The molecule has 1 fully saturated rings.